The van der Waals surface area contributed by atoms with Crippen molar-refractivity contribution in [1.29, 1.82) is 0 Å². The number of hydrogen-bond acceptors (Lipinski definition) is 2. The summed E-state index contributed by atoms with van der Waals surface area (Å²) < 4.78 is 0. The fourth-order valence-corrected chi connectivity index (χ4v) is 2.14. The summed E-state index contributed by atoms with van der Waals surface area (Å²) >= 11 is 5.82. The Morgan fingerprint density at radius 1 is 0.952 bits per heavy atom. The first-order valence-corrected chi connectivity index (χ1v) is 7.29. The minimum absolute atomic E-state index is 0.0140. The van der Waals surface area contributed by atoms with Crippen molar-refractivity contribution < 1.29 is 9.90 Å². The van der Waals surface area contributed by atoms with E-state index in [1.807, 2.05) is 48.5 Å². The van der Waals surface area contributed by atoms with Gasteiger partial charge in [-0.1, -0.05) is 35.9 Å². The molecule has 0 radical (unpaired) electrons. The molecule has 2 N–H and O–H groups in total. The van der Waals surface area contributed by atoms with E-state index in [0.717, 1.165) is 16.8 Å². The first-order valence-electron chi connectivity index (χ1n) is 6.91. The van der Waals surface area contributed by atoms with Crippen LogP contribution in [0.5, 0.6) is 0 Å². The van der Waals surface area contributed by atoms with Crippen molar-refractivity contribution in [2.75, 3.05) is 11.9 Å². The number of hydrogen-bond donors (Lipinski definition) is 2. The number of amides is 1. The van der Waals surface area contributed by atoms with E-state index in [0.29, 0.717) is 24.3 Å². The Kier molecular flexibility index (Phi) is 5.78. The standard InChI is InChI=1S/C17H18ClNO2/c18-15-6-1-13(2-7-15)5-10-17(21)19-16-8-3-14(4-9-16)11-12-20/h1-4,6-9,20H,5,10-12H2,(H,19,21). The topological polar surface area (TPSA) is 49.3 Å². The van der Waals surface area contributed by atoms with E-state index in [9.17, 15) is 4.79 Å². The van der Waals surface area contributed by atoms with Gasteiger partial charge in [0.05, 0.1) is 0 Å². The summed E-state index contributed by atoms with van der Waals surface area (Å²) in [6.07, 6.45) is 1.75. The lowest BCUT2D eigenvalue weighted by atomic mass is 10.1. The molecular formula is C17H18ClNO2. The fourth-order valence-electron chi connectivity index (χ4n) is 2.02. The second kappa shape index (κ2) is 7.81. The molecule has 0 saturated carbocycles. The third kappa shape index (κ3) is 5.21. The van der Waals surface area contributed by atoms with Crippen LogP contribution in [0.1, 0.15) is 17.5 Å². The van der Waals surface area contributed by atoms with Gasteiger partial charge >= 0.3 is 0 Å². The summed E-state index contributed by atoms with van der Waals surface area (Å²) in [6.45, 7) is 0.132. The van der Waals surface area contributed by atoms with Crippen molar-refractivity contribution >= 4 is 23.2 Å². The van der Waals surface area contributed by atoms with Crippen LogP contribution in [0.3, 0.4) is 0 Å². The first kappa shape index (κ1) is 15.5. The number of aryl methyl sites for hydroxylation is 1. The molecule has 21 heavy (non-hydrogen) atoms. The molecule has 0 aliphatic carbocycles. The third-order valence-electron chi connectivity index (χ3n) is 3.19. The van der Waals surface area contributed by atoms with Gasteiger partial charge in [0.2, 0.25) is 5.91 Å². The van der Waals surface area contributed by atoms with Gasteiger partial charge < -0.3 is 10.4 Å². The van der Waals surface area contributed by atoms with E-state index in [2.05, 4.69) is 5.32 Å². The molecule has 0 fully saturated rings. The lowest BCUT2D eigenvalue weighted by molar-refractivity contribution is -0.116. The maximum absolute atomic E-state index is 11.9. The maximum Gasteiger partial charge on any atom is 0.224 e. The molecule has 1 amide bonds. The van der Waals surface area contributed by atoms with Gasteiger partial charge in [-0.3, -0.25) is 4.79 Å². The molecule has 0 saturated heterocycles. The predicted molar refractivity (Wildman–Crippen MR) is 85.6 cm³/mol. The quantitative estimate of drug-likeness (QED) is 0.859. The van der Waals surface area contributed by atoms with Gasteiger partial charge in [0.25, 0.3) is 0 Å². The molecule has 0 aromatic heterocycles. The molecule has 3 nitrogen and oxygen atoms in total. The van der Waals surface area contributed by atoms with E-state index >= 15 is 0 Å². The van der Waals surface area contributed by atoms with Crippen LogP contribution in [0.4, 0.5) is 5.69 Å². The van der Waals surface area contributed by atoms with Crippen LogP contribution in [0.2, 0.25) is 5.02 Å². The number of carbonyl (C=O) groups is 1. The highest BCUT2D eigenvalue weighted by Crippen LogP contribution is 2.13. The number of benzene rings is 2. The highest BCUT2D eigenvalue weighted by atomic mass is 35.5. The molecule has 0 unspecified atom stereocenters. The summed E-state index contributed by atoms with van der Waals surface area (Å²) in [5.74, 6) is -0.0140. The van der Waals surface area contributed by atoms with Crippen molar-refractivity contribution in [3.8, 4) is 0 Å². The molecule has 2 aromatic carbocycles. The van der Waals surface area contributed by atoms with E-state index in [4.69, 9.17) is 16.7 Å². The van der Waals surface area contributed by atoms with Crippen molar-refractivity contribution in [1.82, 2.24) is 0 Å². The average Bonchev–Trinajstić information content (AvgIpc) is 2.49. The van der Waals surface area contributed by atoms with Gasteiger partial charge in [0.1, 0.15) is 0 Å². The molecule has 0 spiro atoms. The Bertz CT molecular complexity index is 579. The summed E-state index contributed by atoms with van der Waals surface area (Å²) in [5, 5.41) is 12.4. The second-order valence-corrected chi connectivity index (χ2v) is 5.28. The van der Waals surface area contributed by atoms with Crippen LogP contribution in [0.25, 0.3) is 0 Å². The Morgan fingerprint density at radius 3 is 2.14 bits per heavy atom. The van der Waals surface area contributed by atoms with Gasteiger partial charge in [-0.05, 0) is 48.2 Å². The normalized spacial score (nSPS) is 10.4. The average molecular weight is 304 g/mol. The highest BCUT2D eigenvalue weighted by Gasteiger charge is 2.03. The molecule has 2 aromatic rings. The summed E-state index contributed by atoms with van der Waals surface area (Å²) in [6, 6.07) is 15.0. The largest absolute Gasteiger partial charge is 0.396 e. The molecule has 110 valence electrons. The van der Waals surface area contributed by atoms with Crippen LogP contribution >= 0.6 is 11.6 Å². The second-order valence-electron chi connectivity index (χ2n) is 4.85. The highest BCUT2D eigenvalue weighted by molar-refractivity contribution is 6.30. The SMILES string of the molecule is O=C(CCc1ccc(Cl)cc1)Nc1ccc(CCO)cc1. The van der Waals surface area contributed by atoms with Crippen LogP contribution in [0, 0.1) is 0 Å². The minimum atomic E-state index is -0.0140. The Labute approximate surface area is 129 Å². The van der Waals surface area contributed by atoms with Crippen LogP contribution in [0.15, 0.2) is 48.5 Å². The summed E-state index contributed by atoms with van der Waals surface area (Å²) in [5.41, 5.74) is 2.92. The van der Waals surface area contributed by atoms with Crippen LogP contribution in [-0.2, 0) is 17.6 Å². The molecule has 0 aliphatic rings. The zero-order chi connectivity index (χ0) is 15.1. The molecule has 0 aliphatic heterocycles. The van der Waals surface area contributed by atoms with Gasteiger partial charge in [-0.25, -0.2) is 0 Å². The summed E-state index contributed by atoms with van der Waals surface area (Å²) in [4.78, 5) is 11.9. The number of nitrogens with one attached hydrogen (secondary N) is 1. The van der Waals surface area contributed by atoms with Crippen LogP contribution in [-0.4, -0.2) is 17.6 Å². The van der Waals surface area contributed by atoms with E-state index in [-0.39, 0.29) is 12.5 Å². The maximum atomic E-state index is 11.9. The first-order chi connectivity index (χ1) is 10.2. The number of rotatable bonds is 6. The number of aliphatic hydroxyl groups is 1. The number of anilines is 1. The lowest BCUT2D eigenvalue weighted by Crippen LogP contribution is -2.12. The third-order valence-corrected chi connectivity index (χ3v) is 3.44. The van der Waals surface area contributed by atoms with Crippen molar-refractivity contribution in [3.63, 3.8) is 0 Å². The van der Waals surface area contributed by atoms with Crippen molar-refractivity contribution in [3.05, 3.63) is 64.7 Å². The molecular weight excluding hydrogens is 286 g/mol. The van der Waals surface area contributed by atoms with Crippen molar-refractivity contribution in [2.45, 2.75) is 19.3 Å². The number of halogens is 1. The van der Waals surface area contributed by atoms with E-state index < -0.39 is 0 Å². The van der Waals surface area contributed by atoms with Gasteiger partial charge in [-0.2, -0.15) is 0 Å². The van der Waals surface area contributed by atoms with Gasteiger partial charge in [0.15, 0.2) is 0 Å². The van der Waals surface area contributed by atoms with E-state index in [1.165, 1.54) is 0 Å². The fraction of sp³-hybridized carbons (Fsp3) is 0.235. The molecule has 0 heterocycles. The smallest absolute Gasteiger partial charge is 0.224 e. The number of carbonyl (C=O) groups excluding carboxylic acids is 1. The number of aliphatic hydroxyl groups excluding tert-OH is 1. The Morgan fingerprint density at radius 2 is 1.52 bits per heavy atom. The zero-order valence-corrected chi connectivity index (χ0v) is 12.4. The Balaban J connectivity index is 1.82. The predicted octanol–water partition coefficient (Wildman–Crippen LogP) is 3.45. The van der Waals surface area contributed by atoms with E-state index in [1.54, 1.807) is 0 Å². The lowest BCUT2D eigenvalue weighted by Gasteiger charge is -2.06. The monoisotopic (exact) mass is 303 g/mol. The van der Waals surface area contributed by atoms with Crippen LogP contribution < -0.4 is 5.32 Å². The van der Waals surface area contributed by atoms with Crippen molar-refractivity contribution in [2.24, 2.45) is 0 Å². The minimum Gasteiger partial charge on any atom is -0.396 e. The molecule has 0 atom stereocenters. The summed E-state index contributed by atoms with van der Waals surface area (Å²) in [7, 11) is 0. The zero-order valence-electron chi connectivity index (χ0n) is 11.7. The Hall–Kier alpha value is -1.84. The van der Waals surface area contributed by atoms with Gasteiger partial charge in [-0.15, -0.1) is 0 Å². The molecule has 2 rings (SSSR count). The molecule has 0 bridgehead atoms. The van der Waals surface area contributed by atoms with Gasteiger partial charge in [0, 0.05) is 23.7 Å². The molecule has 4 heteroatoms.